The van der Waals surface area contributed by atoms with Crippen molar-refractivity contribution in [1.82, 2.24) is 15.2 Å². The maximum absolute atomic E-state index is 5.89. The smallest absolute Gasteiger partial charge is 0.170 e. The topological polar surface area (TPSA) is 31.4 Å². The number of benzene rings is 1. The minimum absolute atomic E-state index is 0.0153. The average molecular weight is 433 g/mol. The van der Waals surface area contributed by atoms with Crippen LogP contribution in [-0.2, 0) is 0 Å². The number of anilines is 1. The maximum Gasteiger partial charge on any atom is 0.170 e. The van der Waals surface area contributed by atoms with Gasteiger partial charge >= 0.3 is 0 Å². The monoisotopic (exact) mass is 432 g/mol. The highest BCUT2D eigenvalue weighted by molar-refractivity contribution is 7.80. The van der Waals surface area contributed by atoms with E-state index in [-0.39, 0.29) is 17.6 Å². The Bertz CT molecular complexity index is 1020. The lowest BCUT2D eigenvalue weighted by Gasteiger charge is -2.41. The number of rotatable bonds is 3. The van der Waals surface area contributed by atoms with Crippen LogP contribution in [0.25, 0.3) is 5.57 Å². The highest BCUT2D eigenvalue weighted by Gasteiger charge is 2.44. The van der Waals surface area contributed by atoms with E-state index in [0.717, 1.165) is 10.8 Å². The van der Waals surface area contributed by atoms with Crippen LogP contribution in [-0.4, -0.2) is 33.6 Å². The molecule has 0 amide bonds. The van der Waals surface area contributed by atoms with Crippen molar-refractivity contribution in [1.29, 1.82) is 0 Å². The first kappa shape index (κ1) is 20.5. The van der Waals surface area contributed by atoms with E-state index in [1.807, 2.05) is 12.3 Å². The molecule has 0 spiro atoms. The summed E-state index contributed by atoms with van der Waals surface area (Å²) in [5, 5.41) is 4.50. The number of pyridine rings is 1. The molecule has 1 N–H and O–H groups in total. The fourth-order valence-electron chi connectivity index (χ4n) is 5.66. The summed E-state index contributed by atoms with van der Waals surface area (Å²) in [6.45, 7) is 6.77. The van der Waals surface area contributed by atoms with Gasteiger partial charge in [0.05, 0.1) is 23.3 Å². The van der Waals surface area contributed by atoms with Gasteiger partial charge in [-0.2, -0.15) is 0 Å². The highest BCUT2D eigenvalue weighted by atomic mass is 32.1. The van der Waals surface area contributed by atoms with Gasteiger partial charge in [0.25, 0.3) is 0 Å². The molecular weight excluding hydrogens is 400 g/mol. The van der Waals surface area contributed by atoms with Crippen LogP contribution >= 0.6 is 12.2 Å². The number of hydrogen-bond acceptors (Lipinski definition) is 3. The van der Waals surface area contributed by atoms with Gasteiger partial charge in [-0.15, -0.1) is 0 Å². The van der Waals surface area contributed by atoms with Crippen molar-refractivity contribution >= 4 is 28.6 Å². The molecule has 3 heterocycles. The third kappa shape index (κ3) is 3.43. The minimum atomic E-state index is 0.0153. The van der Waals surface area contributed by atoms with Crippen LogP contribution < -0.4 is 10.2 Å². The molecule has 0 unspecified atom stereocenters. The van der Waals surface area contributed by atoms with Gasteiger partial charge in [0.2, 0.25) is 0 Å². The summed E-state index contributed by atoms with van der Waals surface area (Å²) >= 11 is 5.89. The Morgan fingerprint density at radius 3 is 2.61 bits per heavy atom. The standard InChI is InChI=1S/C26H32N4S/c1-17-16-26(2,3)29(4)22-13-12-18(15-20(17)22)24-23(21-11-7-8-14-27-21)28-25(31)30(24)19-9-5-6-10-19/h7-8,11-16,19,23-24H,5-6,9-10H2,1-4H3,(H,28,31)/t23-,24-/m0/s1. The van der Waals surface area contributed by atoms with E-state index < -0.39 is 0 Å². The quantitative estimate of drug-likeness (QED) is 0.636. The highest BCUT2D eigenvalue weighted by Crippen LogP contribution is 2.45. The molecule has 2 aromatic rings. The fourth-order valence-corrected chi connectivity index (χ4v) is 6.05. The van der Waals surface area contributed by atoms with Crippen molar-refractivity contribution in [2.75, 3.05) is 11.9 Å². The van der Waals surface area contributed by atoms with Gasteiger partial charge in [0.1, 0.15) is 0 Å². The third-order valence-corrected chi connectivity index (χ3v) is 7.76. The molecule has 3 aliphatic rings. The molecule has 4 nitrogen and oxygen atoms in total. The predicted octanol–water partition coefficient (Wildman–Crippen LogP) is 5.63. The fraction of sp³-hybridized carbons (Fsp3) is 0.462. The minimum Gasteiger partial charge on any atom is -0.366 e. The van der Waals surface area contributed by atoms with Crippen molar-refractivity contribution in [3.05, 3.63) is 65.5 Å². The second-order valence-corrected chi connectivity index (χ2v) is 10.2. The van der Waals surface area contributed by atoms with Gasteiger partial charge in [-0.1, -0.05) is 31.1 Å². The lowest BCUT2D eigenvalue weighted by molar-refractivity contribution is 0.245. The van der Waals surface area contributed by atoms with Crippen molar-refractivity contribution in [3.8, 4) is 0 Å². The zero-order chi connectivity index (χ0) is 21.8. The van der Waals surface area contributed by atoms with Gasteiger partial charge in [0, 0.05) is 30.5 Å². The number of nitrogens with one attached hydrogen (secondary N) is 1. The molecule has 1 saturated heterocycles. The molecule has 31 heavy (non-hydrogen) atoms. The SMILES string of the molecule is CC1=CC(C)(C)N(C)c2ccc([C@H]3[C@H](c4ccccn4)NC(=S)N3C3CCCC3)cc21. The van der Waals surface area contributed by atoms with Crippen LogP contribution in [0, 0.1) is 0 Å². The van der Waals surface area contributed by atoms with Crippen molar-refractivity contribution in [2.45, 2.75) is 70.1 Å². The van der Waals surface area contributed by atoms with E-state index in [9.17, 15) is 0 Å². The largest absolute Gasteiger partial charge is 0.366 e. The molecule has 1 aliphatic carbocycles. The van der Waals surface area contributed by atoms with Crippen molar-refractivity contribution < 1.29 is 0 Å². The zero-order valence-electron chi connectivity index (χ0n) is 18.9. The lowest BCUT2D eigenvalue weighted by Crippen LogP contribution is -2.42. The van der Waals surface area contributed by atoms with Crippen LogP contribution in [0.2, 0.25) is 0 Å². The van der Waals surface area contributed by atoms with Gasteiger partial charge in [-0.25, -0.2) is 0 Å². The lowest BCUT2D eigenvalue weighted by atomic mass is 9.86. The zero-order valence-corrected chi connectivity index (χ0v) is 19.7. The second-order valence-electron chi connectivity index (χ2n) is 9.79. The van der Waals surface area contributed by atoms with Gasteiger partial charge in [-0.3, -0.25) is 4.98 Å². The molecule has 1 saturated carbocycles. The first-order valence-corrected chi connectivity index (χ1v) is 11.8. The van der Waals surface area contributed by atoms with Gasteiger partial charge in [0.15, 0.2) is 5.11 Å². The van der Waals surface area contributed by atoms with Crippen molar-refractivity contribution in [2.24, 2.45) is 0 Å². The molecule has 5 rings (SSSR count). The van der Waals surface area contributed by atoms with Gasteiger partial charge in [-0.05, 0) is 81.2 Å². The molecule has 1 aromatic carbocycles. The Labute approximate surface area is 191 Å². The first-order chi connectivity index (χ1) is 14.9. The predicted molar refractivity (Wildman–Crippen MR) is 132 cm³/mol. The third-order valence-electron chi connectivity index (χ3n) is 7.44. The van der Waals surface area contributed by atoms with E-state index in [0.29, 0.717) is 6.04 Å². The van der Waals surface area contributed by atoms with E-state index in [1.54, 1.807) is 0 Å². The molecule has 2 atom stereocenters. The Hall–Kier alpha value is -2.40. The summed E-state index contributed by atoms with van der Waals surface area (Å²) < 4.78 is 0. The summed E-state index contributed by atoms with van der Waals surface area (Å²) in [6, 6.07) is 13.9. The summed E-state index contributed by atoms with van der Waals surface area (Å²) in [6.07, 6.45) is 9.27. The van der Waals surface area contributed by atoms with E-state index in [4.69, 9.17) is 17.2 Å². The number of allylic oxidation sites excluding steroid dienone is 1. The summed E-state index contributed by atoms with van der Waals surface area (Å²) in [4.78, 5) is 9.56. The molecule has 2 aliphatic heterocycles. The normalized spacial score (nSPS) is 25.4. The van der Waals surface area contributed by atoms with E-state index in [2.05, 4.69) is 79.3 Å². The number of thiocarbonyl (C=S) groups is 1. The summed E-state index contributed by atoms with van der Waals surface area (Å²) in [5.74, 6) is 0. The number of nitrogens with zero attached hydrogens (tertiary/aromatic N) is 3. The molecular formula is C26H32N4S. The Kier molecular flexibility index (Phi) is 5.04. The molecule has 5 heteroatoms. The summed E-state index contributed by atoms with van der Waals surface area (Å²) in [5.41, 5.74) is 6.34. The number of fused-ring (bicyclic) bond motifs is 1. The Morgan fingerprint density at radius 2 is 1.90 bits per heavy atom. The second kappa shape index (κ2) is 7.63. The van der Waals surface area contributed by atoms with Crippen LogP contribution in [0.1, 0.15) is 75.4 Å². The Balaban J connectivity index is 1.61. The van der Waals surface area contributed by atoms with E-state index in [1.165, 1.54) is 48.1 Å². The van der Waals surface area contributed by atoms with E-state index >= 15 is 0 Å². The number of likely N-dealkylation sites (N-methyl/N-ethyl adjacent to an activating group) is 1. The van der Waals surface area contributed by atoms with Crippen LogP contribution in [0.3, 0.4) is 0 Å². The Morgan fingerprint density at radius 1 is 1.13 bits per heavy atom. The van der Waals surface area contributed by atoms with Gasteiger partial charge < -0.3 is 15.1 Å². The summed E-state index contributed by atoms with van der Waals surface area (Å²) in [7, 11) is 2.19. The van der Waals surface area contributed by atoms with Crippen LogP contribution in [0.5, 0.6) is 0 Å². The maximum atomic E-state index is 5.89. The van der Waals surface area contributed by atoms with Crippen molar-refractivity contribution in [3.63, 3.8) is 0 Å². The number of aromatic nitrogens is 1. The molecule has 162 valence electrons. The first-order valence-electron chi connectivity index (χ1n) is 11.4. The molecule has 1 aromatic heterocycles. The number of hydrogen-bond donors (Lipinski definition) is 1. The van der Waals surface area contributed by atoms with Crippen LogP contribution in [0.15, 0.2) is 48.7 Å². The molecule has 0 radical (unpaired) electrons. The average Bonchev–Trinajstić information content (AvgIpc) is 3.39. The molecule has 0 bridgehead atoms. The molecule has 2 fully saturated rings. The van der Waals surface area contributed by atoms with Crippen LogP contribution in [0.4, 0.5) is 5.69 Å².